The minimum Gasteiger partial charge on any atom is -0.439 e. The lowest BCUT2D eigenvalue weighted by Crippen LogP contribution is -2.42. The Morgan fingerprint density at radius 1 is 1.32 bits per heavy atom. The zero-order chi connectivity index (χ0) is 15.9. The molecule has 2 aliphatic heterocycles. The number of aryl methyl sites for hydroxylation is 1. The molecule has 0 saturated carbocycles. The van der Waals surface area contributed by atoms with Crippen LogP contribution in [0.2, 0.25) is 0 Å². The van der Waals surface area contributed by atoms with E-state index in [1.165, 1.54) is 15.5 Å². The molecule has 2 saturated heterocycles. The first-order chi connectivity index (χ1) is 10.5. The van der Waals surface area contributed by atoms with Crippen LogP contribution < -0.4 is 5.56 Å². The van der Waals surface area contributed by atoms with Crippen LogP contribution in [0.25, 0.3) is 0 Å². The Morgan fingerprint density at radius 3 is 2.77 bits per heavy atom. The molecule has 0 bridgehead atoms. The van der Waals surface area contributed by atoms with Crippen LogP contribution in [-0.4, -0.2) is 58.0 Å². The SMILES string of the molecule is Cn1cccc(C(=O)N2CCC(N3C(=O)COC3=O)C2)c1=O. The zero-order valence-electron chi connectivity index (χ0n) is 12.0. The molecule has 1 aromatic heterocycles. The van der Waals surface area contributed by atoms with Gasteiger partial charge in [-0.3, -0.25) is 14.4 Å². The van der Waals surface area contributed by atoms with Crippen LogP contribution in [0.1, 0.15) is 16.8 Å². The van der Waals surface area contributed by atoms with Crippen molar-refractivity contribution in [3.05, 3.63) is 34.2 Å². The maximum absolute atomic E-state index is 12.4. The molecule has 2 aliphatic rings. The molecule has 0 N–H and O–H groups in total. The average Bonchev–Trinajstić information content (AvgIpc) is 3.08. The van der Waals surface area contributed by atoms with Crippen LogP contribution in [0.3, 0.4) is 0 Å². The largest absolute Gasteiger partial charge is 0.439 e. The van der Waals surface area contributed by atoms with Crippen molar-refractivity contribution in [3.63, 3.8) is 0 Å². The topological polar surface area (TPSA) is 88.9 Å². The minimum absolute atomic E-state index is 0.0842. The summed E-state index contributed by atoms with van der Waals surface area (Å²) in [5.41, 5.74) is -0.284. The van der Waals surface area contributed by atoms with Gasteiger partial charge >= 0.3 is 6.09 Å². The maximum Gasteiger partial charge on any atom is 0.417 e. The number of amides is 3. The lowest BCUT2D eigenvalue weighted by molar-refractivity contribution is -0.127. The number of nitrogens with zero attached hydrogens (tertiary/aromatic N) is 3. The number of carbonyl (C=O) groups is 3. The highest BCUT2D eigenvalue weighted by atomic mass is 16.6. The number of ether oxygens (including phenoxy) is 1. The van der Waals surface area contributed by atoms with Crippen molar-refractivity contribution in [2.45, 2.75) is 12.5 Å². The molecule has 3 amide bonds. The summed E-state index contributed by atoms with van der Waals surface area (Å²) in [5, 5.41) is 0. The van der Waals surface area contributed by atoms with Gasteiger partial charge in [-0.25, -0.2) is 9.69 Å². The van der Waals surface area contributed by atoms with Crippen molar-refractivity contribution < 1.29 is 19.1 Å². The summed E-state index contributed by atoms with van der Waals surface area (Å²) >= 11 is 0. The van der Waals surface area contributed by atoms with E-state index in [2.05, 4.69) is 4.74 Å². The second-order valence-corrected chi connectivity index (χ2v) is 5.35. The predicted molar refractivity (Wildman–Crippen MR) is 74.2 cm³/mol. The van der Waals surface area contributed by atoms with Gasteiger partial charge in [0, 0.05) is 26.3 Å². The first-order valence-corrected chi connectivity index (χ1v) is 6.93. The fraction of sp³-hybridized carbons (Fsp3) is 0.429. The third kappa shape index (κ3) is 2.26. The standard InChI is InChI=1S/C14H15N3O5/c1-15-5-2-3-10(12(15)19)13(20)16-6-4-9(7-16)17-11(18)8-22-14(17)21/h2-3,5,9H,4,6-8H2,1H3. The van der Waals surface area contributed by atoms with Crippen molar-refractivity contribution in [1.29, 1.82) is 0 Å². The number of rotatable bonds is 2. The highest BCUT2D eigenvalue weighted by Crippen LogP contribution is 2.21. The highest BCUT2D eigenvalue weighted by molar-refractivity contribution is 5.98. The summed E-state index contributed by atoms with van der Waals surface area (Å²) in [5.74, 6) is -0.774. The predicted octanol–water partition coefficient (Wildman–Crippen LogP) is -0.421. The van der Waals surface area contributed by atoms with E-state index in [1.807, 2.05) is 0 Å². The lowest BCUT2D eigenvalue weighted by atomic mass is 10.2. The van der Waals surface area contributed by atoms with Crippen LogP contribution in [0.4, 0.5) is 4.79 Å². The number of imide groups is 1. The summed E-state index contributed by atoms with van der Waals surface area (Å²) in [7, 11) is 1.57. The third-order valence-electron chi connectivity index (χ3n) is 3.95. The number of likely N-dealkylation sites (tertiary alicyclic amines) is 1. The molecule has 0 spiro atoms. The van der Waals surface area contributed by atoms with E-state index in [1.54, 1.807) is 19.3 Å². The normalized spacial score (nSPS) is 21.4. The summed E-state index contributed by atoms with van der Waals surface area (Å²) in [6.45, 7) is 0.360. The van der Waals surface area contributed by atoms with Gasteiger partial charge in [0.15, 0.2) is 6.61 Å². The smallest absolute Gasteiger partial charge is 0.417 e. The Labute approximate surface area is 125 Å². The summed E-state index contributed by atoms with van der Waals surface area (Å²) in [6.07, 6.45) is 1.39. The van der Waals surface area contributed by atoms with Crippen LogP contribution in [0.15, 0.2) is 23.1 Å². The number of pyridine rings is 1. The van der Waals surface area contributed by atoms with Gasteiger partial charge in [-0.1, -0.05) is 0 Å². The Balaban J connectivity index is 1.76. The molecule has 8 heteroatoms. The van der Waals surface area contributed by atoms with Crippen LogP contribution >= 0.6 is 0 Å². The monoisotopic (exact) mass is 305 g/mol. The number of carbonyl (C=O) groups excluding carboxylic acids is 3. The van der Waals surface area contributed by atoms with Crippen LogP contribution in [-0.2, 0) is 16.6 Å². The third-order valence-corrected chi connectivity index (χ3v) is 3.95. The van der Waals surface area contributed by atoms with Crippen LogP contribution in [0.5, 0.6) is 0 Å². The molecular weight excluding hydrogens is 290 g/mol. The van der Waals surface area contributed by atoms with E-state index in [9.17, 15) is 19.2 Å². The summed E-state index contributed by atoms with van der Waals surface area (Å²) in [4.78, 5) is 50.2. The molecule has 0 aromatic carbocycles. The second kappa shape index (κ2) is 5.28. The Bertz CT molecular complexity index is 695. The molecule has 1 aromatic rings. The van der Waals surface area contributed by atoms with Gasteiger partial charge in [0.2, 0.25) is 0 Å². The van der Waals surface area contributed by atoms with Gasteiger partial charge in [-0.15, -0.1) is 0 Å². The fourth-order valence-electron chi connectivity index (χ4n) is 2.78. The molecule has 0 aliphatic carbocycles. The molecule has 3 rings (SSSR count). The van der Waals surface area contributed by atoms with E-state index in [-0.39, 0.29) is 42.1 Å². The van der Waals surface area contributed by atoms with E-state index >= 15 is 0 Å². The summed E-state index contributed by atoms with van der Waals surface area (Å²) in [6, 6.07) is 2.72. The van der Waals surface area contributed by atoms with E-state index < -0.39 is 6.09 Å². The molecule has 116 valence electrons. The van der Waals surface area contributed by atoms with E-state index in [4.69, 9.17) is 0 Å². The van der Waals surface area contributed by atoms with Gasteiger partial charge in [0.05, 0.1) is 6.04 Å². The van der Waals surface area contributed by atoms with Gasteiger partial charge in [-0.2, -0.15) is 0 Å². The molecule has 8 nitrogen and oxygen atoms in total. The molecule has 0 radical (unpaired) electrons. The Kier molecular flexibility index (Phi) is 3.44. The minimum atomic E-state index is -0.667. The molecular formula is C14H15N3O5. The van der Waals surface area contributed by atoms with Crippen molar-refractivity contribution in [3.8, 4) is 0 Å². The number of hydrogen-bond acceptors (Lipinski definition) is 5. The molecule has 1 unspecified atom stereocenters. The van der Waals surface area contributed by atoms with E-state index in [0.29, 0.717) is 13.0 Å². The number of cyclic esters (lactones) is 1. The van der Waals surface area contributed by atoms with Gasteiger partial charge in [0.25, 0.3) is 17.4 Å². The van der Waals surface area contributed by atoms with Gasteiger partial charge in [-0.05, 0) is 18.6 Å². The number of aromatic nitrogens is 1. The average molecular weight is 305 g/mol. The van der Waals surface area contributed by atoms with Crippen molar-refractivity contribution >= 4 is 17.9 Å². The van der Waals surface area contributed by atoms with Gasteiger partial charge < -0.3 is 14.2 Å². The zero-order valence-corrected chi connectivity index (χ0v) is 12.0. The maximum atomic E-state index is 12.4. The molecule has 3 heterocycles. The summed E-state index contributed by atoms with van der Waals surface area (Å²) < 4.78 is 6.02. The van der Waals surface area contributed by atoms with Gasteiger partial charge in [0.1, 0.15) is 5.56 Å². The fourth-order valence-corrected chi connectivity index (χ4v) is 2.78. The quantitative estimate of drug-likeness (QED) is 0.740. The lowest BCUT2D eigenvalue weighted by Gasteiger charge is -2.20. The van der Waals surface area contributed by atoms with Crippen molar-refractivity contribution in [1.82, 2.24) is 14.4 Å². The molecule has 22 heavy (non-hydrogen) atoms. The van der Waals surface area contributed by atoms with Crippen molar-refractivity contribution in [2.24, 2.45) is 7.05 Å². The molecule has 1 atom stereocenters. The van der Waals surface area contributed by atoms with Crippen molar-refractivity contribution in [2.75, 3.05) is 19.7 Å². The first-order valence-electron chi connectivity index (χ1n) is 6.93. The van der Waals surface area contributed by atoms with Crippen LogP contribution in [0, 0.1) is 0 Å². The second-order valence-electron chi connectivity index (χ2n) is 5.35. The Hall–Kier alpha value is -2.64. The first kappa shape index (κ1) is 14.3. The highest BCUT2D eigenvalue weighted by Gasteiger charge is 2.41. The number of hydrogen-bond donors (Lipinski definition) is 0. The molecule has 2 fully saturated rings. The van der Waals surface area contributed by atoms with E-state index in [0.717, 1.165) is 4.90 Å². The Morgan fingerprint density at radius 2 is 2.09 bits per heavy atom.